The molecule has 0 fully saturated rings. The molecule has 0 unspecified atom stereocenters. The SMILES string of the molecule is CC[C@@H](C)[C@H](NC(=O)CCn1ccc2c(Cl)cccc21)C(=O)O. The summed E-state index contributed by atoms with van der Waals surface area (Å²) in [5, 5.41) is 13.4. The van der Waals surface area contributed by atoms with Crippen LogP contribution in [0.25, 0.3) is 10.9 Å². The van der Waals surface area contributed by atoms with E-state index in [-0.39, 0.29) is 18.2 Å². The topological polar surface area (TPSA) is 71.3 Å². The van der Waals surface area contributed by atoms with Crippen LogP contribution in [0.15, 0.2) is 30.5 Å². The first-order valence-electron chi connectivity index (χ1n) is 7.69. The number of fused-ring (bicyclic) bond motifs is 1. The van der Waals surface area contributed by atoms with Crippen molar-refractivity contribution in [2.24, 2.45) is 5.92 Å². The molecule has 0 aliphatic carbocycles. The number of aliphatic carboxylic acids is 1. The Morgan fingerprint density at radius 2 is 2.09 bits per heavy atom. The number of benzene rings is 1. The summed E-state index contributed by atoms with van der Waals surface area (Å²) in [5.41, 5.74) is 0.960. The second-order valence-corrected chi connectivity index (χ2v) is 6.11. The number of hydrogen-bond acceptors (Lipinski definition) is 2. The summed E-state index contributed by atoms with van der Waals surface area (Å²) in [5.74, 6) is -1.37. The second-order valence-electron chi connectivity index (χ2n) is 5.70. The standard InChI is InChI=1S/C17H21ClN2O3/c1-3-11(2)16(17(22)23)19-15(21)8-10-20-9-7-12-13(18)5-4-6-14(12)20/h4-7,9,11,16H,3,8,10H2,1-2H3,(H,19,21)(H,22,23)/t11-,16+/m1/s1. The zero-order valence-electron chi connectivity index (χ0n) is 13.3. The zero-order chi connectivity index (χ0) is 17.0. The van der Waals surface area contributed by atoms with Gasteiger partial charge in [0.1, 0.15) is 6.04 Å². The summed E-state index contributed by atoms with van der Waals surface area (Å²) < 4.78 is 1.94. The lowest BCUT2D eigenvalue weighted by Gasteiger charge is -2.20. The van der Waals surface area contributed by atoms with E-state index in [4.69, 9.17) is 11.6 Å². The van der Waals surface area contributed by atoms with Gasteiger partial charge < -0.3 is 15.0 Å². The number of nitrogens with one attached hydrogen (secondary N) is 1. The molecule has 5 nitrogen and oxygen atoms in total. The average molecular weight is 337 g/mol. The molecule has 0 saturated carbocycles. The summed E-state index contributed by atoms with van der Waals surface area (Å²) in [6, 6.07) is 6.70. The number of carboxylic acids is 1. The van der Waals surface area contributed by atoms with Crippen molar-refractivity contribution < 1.29 is 14.7 Å². The molecule has 6 heteroatoms. The Hall–Kier alpha value is -2.01. The van der Waals surface area contributed by atoms with E-state index in [1.54, 1.807) is 0 Å². The number of nitrogens with zero attached hydrogens (tertiary/aromatic N) is 1. The van der Waals surface area contributed by atoms with Crippen LogP contribution >= 0.6 is 11.6 Å². The molecule has 2 atom stereocenters. The third-order valence-electron chi connectivity index (χ3n) is 4.14. The minimum Gasteiger partial charge on any atom is -0.480 e. The Balaban J connectivity index is 2.00. The van der Waals surface area contributed by atoms with Crippen LogP contribution in [0.5, 0.6) is 0 Å². The van der Waals surface area contributed by atoms with Crippen LogP contribution in [0.3, 0.4) is 0 Å². The molecular weight excluding hydrogens is 316 g/mol. The highest BCUT2D eigenvalue weighted by molar-refractivity contribution is 6.35. The maximum absolute atomic E-state index is 12.1. The van der Waals surface area contributed by atoms with E-state index in [0.29, 0.717) is 18.0 Å². The maximum Gasteiger partial charge on any atom is 0.326 e. The Morgan fingerprint density at radius 1 is 1.35 bits per heavy atom. The van der Waals surface area contributed by atoms with Crippen molar-refractivity contribution >= 4 is 34.4 Å². The number of carboxylic acid groups (broad SMARTS) is 1. The van der Waals surface area contributed by atoms with Crippen LogP contribution in [-0.2, 0) is 16.1 Å². The van der Waals surface area contributed by atoms with Gasteiger partial charge in [0.05, 0.1) is 0 Å². The molecule has 0 saturated heterocycles. The predicted molar refractivity (Wildman–Crippen MR) is 90.6 cm³/mol. The molecule has 0 spiro atoms. The van der Waals surface area contributed by atoms with Crippen molar-refractivity contribution in [1.82, 2.24) is 9.88 Å². The van der Waals surface area contributed by atoms with Crippen molar-refractivity contribution in [3.05, 3.63) is 35.5 Å². The van der Waals surface area contributed by atoms with Crippen molar-refractivity contribution in [2.45, 2.75) is 39.3 Å². The van der Waals surface area contributed by atoms with E-state index in [0.717, 1.165) is 10.9 Å². The first kappa shape index (κ1) is 17.3. The molecular formula is C17H21ClN2O3. The molecule has 1 aromatic heterocycles. The van der Waals surface area contributed by atoms with Crippen molar-refractivity contribution in [3.63, 3.8) is 0 Å². The van der Waals surface area contributed by atoms with Crippen molar-refractivity contribution in [2.75, 3.05) is 0 Å². The van der Waals surface area contributed by atoms with Gasteiger partial charge in [0.25, 0.3) is 0 Å². The predicted octanol–water partition coefficient (Wildman–Crippen LogP) is 3.30. The van der Waals surface area contributed by atoms with Crippen LogP contribution < -0.4 is 5.32 Å². The number of amides is 1. The highest BCUT2D eigenvalue weighted by Gasteiger charge is 2.25. The summed E-state index contributed by atoms with van der Waals surface area (Å²) in [6.07, 6.45) is 2.79. The molecule has 124 valence electrons. The number of carbonyl (C=O) groups is 2. The smallest absolute Gasteiger partial charge is 0.326 e. The zero-order valence-corrected chi connectivity index (χ0v) is 14.0. The van der Waals surface area contributed by atoms with Gasteiger partial charge in [0, 0.05) is 35.1 Å². The molecule has 1 amide bonds. The van der Waals surface area contributed by atoms with Gasteiger partial charge >= 0.3 is 5.97 Å². The number of halogens is 1. The molecule has 0 bridgehead atoms. The first-order chi connectivity index (χ1) is 10.9. The number of aromatic nitrogens is 1. The average Bonchev–Trinajstić information content (AvgIpc) is 2.94. The molecule has 23 heavy (non-hydrogen) atoms. The largest absolute Gasteiger partial charge is 0.480 e. The van der Waals surface area contributed by atoms with Crippen LogP contribution in [0.1, 0.15) is 26.7 Å². The molecule has 0 radical (unpaired) electrons. The summed E-state index contributed by atoms with van der Waals surface area (Å²) in [4.78, 5) is 23.3. The van der Waals surface area contributed by atoms with E-state index in [1.807, 2.05) is 48.9 Å². The quantitative estimate of drug-likeness (QED) is 0.815. The molecule has 2 N–H and O–H groups in total. The van der Waals surface area contributed by atoms with E-state index in [2.05, 4.69) is 5.32 Å². The lowest BCUT2D eigenvalue weighted by atomic mass is 9.99. The lowest BCUT2D eigenvalue weighted by molar-refractivity contribution is -0.143. The second kappa shape index (κ2) is 7.51. The maximum atomic E-state index is 12.1. The number of carbonyl (C=O) groups excluding carboxylic acids is 1. The highest BCUT2D eigenvalue weighted by atomic mass is 35.5. The van der Waals surface area contributed by atoms with Gasteiger partial charge in [0.15, 0.2) is 0 Å². The summed E-state index contributed by atoms with van der Waals surface area (Å²) in [6.45, 7) is 4.20. The van der Waals surface area contributed by atoms with Gasteiger partial charge in [-0.15, -0.1) is 0 Å². The van der Waals surface area contributed by atoms with Gasteiger partial charge in [-0.05, 0) is 24.1 Å². The third-order valence-corrected chi connectivity index (χ3v) is 4.47. The number of aryl methyl sites for hydroxylation is 1. The van der Waals surface area contributed by atoms with Gasteiger partial charge in [-0.1, -0.05) is 37.9 Å². The molecule has 1 heterocycles. The van der Waals surface area contributed by atoms with Crippen molar-refractivity contribution in [3.8, 4) is 0 Å². The van der Waals surface area contributed by atoms with Crippen LogP contribution in [0.2, 0.25) is 5.02 Å². The van der Waals surface area contributed by atoms with Gasteiger partial charge in [-0.2, -0.15) is 0 Å². The number of rotatable bonds is 7. The summed E-state index contributed by atoms with van der Waals surface area (Å²) >= 11 is 6.13. The van der Waals surface area contributed by atoms with Gasteiger partial charge in [0.2, 0.25) is 5.91 Å². The fraction of sp³-hybridized carbons (Fsp3) is 0.412. The number of hydrogen-bond donors (Lipinski definition) is 2. The third kappa shape index (κ3) is 4.05. The Labute approximate surface area is 140 Å². The fourth-order valence-corrected chi connectivity index (χ4v) is 2.76. The molecule has 0 aliphatic heterocycles. The minimum atomic E-state index is -0.995. The molecule has 1 aromatic carbocycles. The molecule has 0 aliphatic rings. The van der Waals surface area contributed by atoms with E-state index >= 15 is 0 Å². The Morgan fingerprint density at radius 3 is 2.74 bits per heavy atom. The van der Waals surface area contributed by atoms with E-state index in [1.165, 1.54) is 0 Å². The van der Waals surface area contributed by atoms with Crippen molar-refractivity contribution in [1.29, 1.82) is 0 Å². The van der Waals surface area contributed by atoms with E-state index in [9.17, 15) is 14.7 Å². The molecule has 2 rings (SSSR count). The Bertz CT molecular complexity index is 711. The van der Waals surface area contributed by atoms with Crippen LogP contribution in [0.4, 0.5) is 0 Å². The lowest BCUT2D eigenvalue weighted by Crippen LogP contribution is -2.45. The van der Waals surface area contributed by atoms with Gasteiger partial charge in [-0.25, -0.2) is 4.79 Å². The Kier molecular flexibility index (Phi) is 5.66. The van der Waals surface area contributed by atoms with Crippen LogP contribution in [-0.4, -0.2) is 27.6 Å². The first-order valence-corrected chi connectivity index (χ1v) is 8.07. The van der Waals surface area contributed by atoms with Gasteiger partial charge in [-0.3, -0.25) is 4.79 Å². The fourth-order valence-electron chi connectivity index (χ4n) is 2.53. The monoisotopic (exact) mass is 336 g/mol. The van der Waals surface area contributed by atoms with E-state index < -0.39 is 12.0 Å². The molecule has 2 aromatic rings. The summed E-state index contributed by atoms with van der Waals surface area (Å²) in [7, 11) is 0. The minimum absolute atomic E-state index is 0.109. The highest BCUT2D eigenvalue weighted by Crippen LogP contribution is 2.24. The normalized spacial score (nSPS) is 13.7. The van der Waals surface area contributed by atoms with Crippen LogP contribution in [0, 0.1) is 5.92 Å².